The third-order valence-electron chi connectivity index (χ3n) is 3.56. The van der Waals surface area contributed by atoms with Crippen molar-refractivity contribution in [3.05, 3.63) is 29.8 Å². The number of carbonyl (C=O) groups is 1. The van der Waals surface area contributed by atoms with E-state index >= 15 is 0 Å². The maximum absolute atomic E-state index is 10.6. The van der Waals surface area contributed by atoms with Gasteiger partial charge in [0.25, 0.3) is 0 Å². The second kappa shape index (κ2) is 7.29. The first-order chi connectivity index (χ1) is 9.65. The number of rotatable bonds is 9. The third kappa shape index (κ3) is 5.21. The minimum atomic E-state index is -0.716. The van der Waals surface area contributed by atoms with Gasteiger partial charge in [-0.3, -0.25) is 9.69 Å². The first kappa shape index (κ1) is 14.9. The molecule has 0 bridgehead atoms. The fourth-order valence-electron chi connectivity index (χ4n) is 2.25. The lowest BCUT2D eigenvalue weighted by atomic mass is 10.2. The van der Waals surface area contributed by atoms with Gasteiger partial charge in [-0.25, -0.2) is 0 Å². The van der Waals surface area contributed by atoms with Crippen LogP contribution in [0.25, 0.3) is 0 Å². The van der Waals surface area contributed by atoms with E-state index in [1.165, 1.54) is 18.4 Å². The Morgan fingerprint density at radius 3 is 2.60 bits per heavy atom. The van der Waals surface area contributed by atoms with Crippen LogP contribution in [0.3, 0.4) is 0 Å². The lowest BCUT2D eigenvalue weighted by molar-refractivity contribution is -0.137. The van der Waals surface area contributed by atoms with Gasteiger partial charge in [0.2, 0.25) is 0 Å². The highest BCUT2D eigenvalue weighted by Crippen LogP contribution is 2.27. The van der Waals surface area contributed by atoms with E-state index in [0.29, 0.717) is 19.2 Å². The molecule has 1 aromatic rings. The molecule has 0 aromatic heterocycles. The molecule has 1 aliphatic carbocycles. The molecule has 0 aliphatic heterocycles. The average Bonchev–Trinajstić information content (AvgIpc) is 3.24. The molecule has 0 saturated heterocycles. The quantitative estimate of drug-likeness (QED) is 0.705. The van der Waals surface area contributed by atoms with Crippen LogP contribution in [-0.2, 0) is 4.79 Å². The number of hydrogen-bond donors (Lipinski definition) is 1. The second-order valence-electron chi connectivity index (χ2n) is 5.43. The Morgan fingerprint density at radius 1 is 1.30 bits per heavy atom. The largest absolute Gasteiger partial charge is 0.494 e. The van der Waals surface area contributed by atoms with Crippen LogP contribution in [0.1, 0.15) is 31.2 Å². The minimum absolute atomic E-state index is 0.231. The van der Waals surface area contributed by atoms with Crippen LogP contribution in [0.15, 0.2) is 24.3 Å². The van der Waals surface area contributed by atoms with Gasteiger partial charge in [0, 0.05) is 19.1 Å². The molecule has 1 fully saturated rings. The molecule has 1 aliphatic rings. The first-order valence-electron chi connectivity index (χ1n) is 7.30. The SMILES string of the molecule is Cc1ccc(OCCCN(CCC(=O)O)C2CC2)cc1. The van der Waals surface area contributed by atoms with Crippen molar-refractivity contribution in [3.63, 3.8) is 0 Å². The van der Waals surface area contributed by atoms with Crippen LogP contribution in [0.2, 0.25) is 0 Å². The van der Waals surface area contributed by atoms with Crippen molar-refractivity contribution in [1.82, 2.24) is 4.90 Å². The van der Waals surface area contributed by atoms with Crippen LogP contribution in [0, 0.1) is 6.92 Å². The van der Waals surface area contributed by atoms with Crippen LogP contribution in [-0.4, -0.2) is 41.7 Å². The highest BCUT2D eigenvalue weighted by molar-refractivity contribution is 5.66. The molecule has 0 unspecified atom stereocenters. The van der Waals surface area contributed by atoms with Crippen LogP contribution in [0.4, 0.5) is 0 Å². The summed E-state index contributed by atoms with van der Waals surface area (Å²) >= 11 is 0. The number of aryl methyl sites for hydroxylation is 1. The fraction of sp³-hybridized carbons (Fsp3) is 0.562. The Kier molecular flexibility index (Phi) is 5.41. The van der Waals surface area contributed by atoms with Crippen molar-refractivity contribution in [3.8, 4) is 5.75 Å². The standard InChI is InChI=1S/C16H23NO3/c1-13-3-7-15(8-4-13)20-12-2-10-17(14-5-6-14)11-9-16(18)19/h3-4,7-8,14H,2,5-6,9-12H2,1H3,(H,18,19). The number of hydrogen-bond acceptors (Lipinski definition) is 3. The lowest BCUT2D eigenvalue weighted by Crippen LogP contribution is -2.30. The molecule has 2 rings (SSSR count). The van der Waals surface area contributed by atoms with Crippen molar-refractivity contribution < 1.29 is 14.6 Å². The summed E-state index contributed by atoms with van der Waals surface area (Å²) in [4.78, 5) is 12.9. The highest BCUT2D eigenvalue weighted by Gasteiger charge is 2.28. The first-order valence-corrected chi connectivity index (χ1v) is 7.30. The molecular weight excluding hydrogens is 254 g/mol. The van der Waals surface area contributed by atoms with E-state index in [0.717, 1.165) is 18.7 Å². The van der Waals surface area contributed by atoms with Crippen LogP contribution >= 0.6 is 0 Å². The topological polar surface area (TPSA) is 49.8 Å². The van der Waals surface area contributed by atoms with Crippen molar-refractivity contribution >= 4 is 5.97 Å². The van der Waals surface area contributed by atoms with Gasteiger partial charge < -0.3 is 9.84 Å². The van der Waals surface area contributed by atoms with E-state index < -0.39 is 5.97 Å². The molecule has 4 nitrogen and oxygen atoms in total. The summed E-state index contributed by atoms with van der Waals surface area (Å²) in [6.07, 6.45) is 3.58. The normalized spacial score (nSPS) is 14.5. The monoisotopic (exact) mass is 277 g/mol. The lowest BCUT2D eigenvalue weighted by Gasteiger charge is -2.20. The Morgan fingerprint density at radius 2 is 2.00 bits per heavy atom. The van der Waals surface area contributed by atoms with Gasteiger partial charge in [-0.15, -0.1) is 0 Å². The molecule has 1 saturated carbocycles. The summed E-state index contributed by atoms with van der Waals surface area (Å²) < 4.78 is 5.69. The zero-order chi connectivity index (χ0) is 14.4. The predicted molar refractivity (Wildman–Crippen MR) is 78.1 cm³/mol. The molecule has 4 heteroatoms. The third-order valence-corrected chi connectivity index (χ3v) is 3.56. The number of ether oxygens (including phenoxy) is 1. The molecule has 0 heterocycles. The van der Waals surface area contributed by atoms with Gasteiger partial charge in [0.1, 0.15) is 5.75 Å². The van der Waals surface area contributed by atoms with Crippen LogP contribution < -0.4 is 4.74 Å². The van der Waals surface area contributed by atoms with E-state index in [2.05, 4.69) is 11.8 Å². The molecule has 20 heavy (non-hydrogen) atoms. The summed E-state index contributed by atoms with van der Waals surface area (Å²) in [7, 11) is 0. The maximum Gasteiger partial charge on any atom is 0.304 e. The van der Waals surface area contributed by atoms with E-state index in [1.807, 2.05) is 24.3 Å². The number of carboxylic acid groups (broad SMARTS) is 1. The van der Waals surface area contributed by atoms with Gasteiger partial charge in [0.15, 0.2) is 0 Å². The van der Waals surface area contributed by atoms with Crippen LogP contribution in [0.5, 0.6) is 5.75 Å². The van der Waals surface area contributed by atoms with Crippen molar-refractivity contribution in [2.75, 3.05) is 19.7 Å². The van der Waals surface area contributed by atoms with Crippen molar-refractivity contribution in [2.24, 2.45) is 0 Å². The van der Waals surface area contributed by atoms with E-state index in [1.54, 1.807) is 0 Å². The van der Waals surface area contributed by atoms with E-state index in [9.17, 15) is 4.79 Å². The Labute approximate surface area is 120 Å². The molecule has 0 radical (unpaired) electrons. The number of carboxylic acids is 1. The molecule has 0 spiro atoms. The summed E-state index contributed by atoms with van der Waals surface area (Å²) in [6, 6.07) is 8.66. The van der Waals surface area contributed by atoms with Crippen molar-refractivity contribution in [2.45, 2.75) is 38.6 Å². The molecule has 1 N–H and O–H groups in total. The Bertz CT molecular complexity index is 426. The Balaban J connectivity index is 1.65. The zero-order valence-electron chi connectivity index (χ0n) is 12.0. The van der Waals surface area contributed by atoms with Crippen molar-refractivity contribution in [1.29, 1.82) is 0 Å². The second-order valence-corrected chi connectivity index (χ2v) is 5.43. The maximum atomic E-state index is 10.6. The summed E-state index contributed by atoms with van der Waals surface area (Å²) in [5, 5.41) is 8.76. The number of aliphatic carboxylic acids is 1. The minimum Gasteiger partial charge on any atom is -0.494 e. The van der Waals surface area contributed by atoms with E-state index in [4.69, 9.17) is 9.84 Å². The number of benzene rings is 1. The van der Waals surface area contributed by atoms with Gasteiger partial charge in [-0.1, -0.05) is 17.7 Å². The molecular formula is C16H23NO3. The number of nitrogens with zero attached hydrogens (tertiary/aromatic N) is 1. The van der Waals surface area contributed by atoms with Gasteiger partial charge in [-0.2, -0.15) is 0 Å². The molecule has 0 atom stereocenters. The Hall–Kier alpha value is -1.55. The van der Waals surface area contributed by atoms with Gasteiger partial charge in [-0.05, 0) is 38.3 Å². The molecule has 0 amide bonds. The molecule has 110 valence electrons. The van der Waals surface area contributed by atoms with E-state index in [-0.39, 0.29) is 6.42 Å². The predicted octanol–water partition coefficient (Wildman–Crippen LogP) is 2.70. The average molecular weight is 277 g/mol. The van der Waals surface area contributed by atoms with Gasteiger partial charge >= 0.3 is 5.97 Å². The zero-order valence-corrected chi connectivity index (χ0v) is 12.0. The summed E-state index contributed by atoms with van der Waals surface area (Å²) in [6.45, 7) is 4.31. The summed E-state index contributed by atoms with van der Waals surface area (Å²) in [5.41, 5.74) is 1.23. The fourth-order valence-corrected chi connectivity index (χ4v) is 2.25. The highest BCUT2D eigenvalue weighted by atomic mass is 16.5. The molecule has 1 aromatic carbocycles. The van der Waals surface area contributed by atoms with Gasteiger partial charge in [0.05, 0.1) is 13.0 Å². The smallest absolute Gasteiger partial charge is 0.304 e. The summed E-state index contributed by atoms with van der Waals surface area (Å²) in [5.74, 6) is 0.186.